The summed E-state index contributed by atoms with van der Waals surface area (Å²) in [6, 6.07) is 0. The molecule has 3 N–H and O–H groups in total. The smallest absolute Gasteiger partial charge is 0.430 e. The van der Waals surface area contributed by atoms with E-state index in [0.717, 1.165) is 0 Å². The van der Waals surface area contributed by atoms with Crippen molar-refractivity contribution in [2.75, 3.05) is 0 Å². The van der Waals surface area contributed by atoms with Gasteiger partial charge in [0.1, 0.15) is 0 Å². The standard InChI is InChI=1S/C6H14O2.C3H9BO2/c1-5(2,7)6(3,4)8;1-3(2)6-4-5/h7-8H,1-4H3;3-5H,1-2H3. The highest BCUT2D eigenvalue weighted by molar-refractivity contribution is 6.15. The van der Waals surface area contributed by atoms with Crippen LogP contribution in [-0.2, 0) is 4.65 Å². The predicted molar refractivity (Wildman–Crippen MR) is 58.2 cm³/mol. The van der Waals surface area contributed by atoms with Gasteiger partial charge in [0.2, 0.25) is 0 Å². The summed E-state index contributed by atoms with van der Waals surface area (Å²) in [5, 5.41) is 26.2. The molecule has 0 fully saturated rings. The van der Waals surface area contributed by atoms with Gasteiger partial charge in [-0.2, -0.15) is 0 Å². The molecule has 14 heavy (non-hydrogen) atoms. The summed E-state index contributed by atoms with van der Waals surface area (Å²) in [4.78, 5) is 0. The van der Waals surface area contributed by atoms with E-state index >= 15 is 0 Å². The van der Waals surface area contributed by atoms with Crippen LogP contribution >= 0.6 is 0 Å². The van der Waals surface area contributed by atoms with E-state index in [1.165, 1.54) is 0 Å². The molecule has 0 unspecified atom stereocenters. The minimum Gasteiger partial charge on any atom is -0.430 e. The van der Waals surface area contributed by atoms with Crippen LogP contribution in [0.1, 0.15) is 41.5 Å². The zero-order chi connectivity index (χ0) is 12.0. The van der Waals surface area contributed by atoms with E-state index < -0.39 is 11.2 Å². The van der Waals surface area contributed by atoms with E-state index in [2.05, 4.69) is 4.65 Å². The minimum atomic E-state index is -1.01. The van der Waals surface area contributed by atoms with Crippen molar-refractivity contribution in [3.63, 3.8) is 0 Å². The molecule has 0 rings (SSSR count). The van der Waals surface area contributed by atoms with Crippen molar-refractivity contribution in [3.05, 3.63) is 0 Å². The first kappa shape index (κ1) is 16.3. The van der Waals surface area contributed by atoms with Crippen LogP contribution in [0.2, 0.25) is 0 Å². The summed E-state index contributed by atoms with van der Waals surface area (Å²) in [7, 11) is -0.169. The number of rotatable bonds is 3. The molecule has 0 aliphatic heterocycles. The highest BCUT2D eigenvalue weighted by atomic mass is 16.5. The molecule has 0 aromatic heterocycles. The third-order valence-electron chi connectivity index (χ3n) is 1.91. The molecule has 0 bridgehead atoms. The van der Waals surface area contributed by atoms with Gasteiger partial charge in [-0.15, -0.1) is 0 Å². The third-order valence-corrected chi connectivity index (χ3v) is 1.91. The minimum absolute atomic E-state index is 0.148. The predicted octanol–water partition coefficient (Wildman–Crippen LogP) is 0.198. The second kappa shape index (κ2) is 6.40. The van der Waals surface area contributed by atoms with E-state index in [-0.39, 0.29) is 13.8 Å². The molecule has 0 aromatic carbocycles. The van der Waals surface area contributed by atoms with Gasteiger partial charge in [0.05, 0.1) is 11.2 Å². The first-order valence-corrected chi connectivity index (χ1v) is 4.69. The summed E-state index contributed by atoms with van der Waals surface area (Å²) in [5.41, 5.74) is -2.01. The zero-order valence-corrected chi connectivity index (χ0v) is 10.0. The molecule has 0 heterocycles. The average Bonchev–Trinajstić information content (AvgIpc) is 1.82. The van der Waals surface area contributed by atoms with Gasteiger partial charge in [0.15, 0.2) is 0 Å². The van der Waals surface area contributed by atoms with Gasteiger partial charge in [0, 0.05) is 6.10 Å². The van der Waals surface area contributed by atoms with E-state index in [1.54, 1.807) is 27.7 Å². The van der Waals surface area contributed by atoms with Gasteiger partial charge in [0.25, 0.3) is 0 Å². The highest BCUT2D eigenvalue weighted by Crippen LogP contribution is 2.19. The lowest BCUT2D eigenvalue weighted by Crippen LogP contribution is -2.44. The second-order valence-corrected chi connectivity index (χ2v) is 4.46. The van der Waals surface area contributed by atoms with Gasteiger partial charge >= 0.3 is 7.69 Å². The fourth-order valence-corrected chi connectivity index (χ4v) is 0.149. The Labute approximate surface area is 87.2 Å². The average molecular weight is 206 g/mol. The molecule has 0 radical (unpaired) electrons. The van der Waals surface area contributed by atoms with Gasteiger partial charge < -0.3 is 19.9 Å². The molecule has 4 nitrogen and oxygen atoms in total. The van der Waals surface area contributed by atoms with Crippen LogP contribution < -0.4 is 0 Å². The maximum Gasteiger partial charge on any atom is 0.435 e. The maximum absolute atomic E-state index is 9.10. The Morgan fingerprint density at radius 3 is 1.29 bits per heavy atom. The van der Waals surface area contributed by atoms with E-state index in [9.17, 15) is 0 Å². The third kappa shape index (κ3) is 9.99. The maximum atomic E-state index is 9.10. The van der Waals surface area contributed by atoms with Crippen molar-refractivity contribution in [1.82, 2.24) is 0 Å². The van der Waals surface area contributed by atoms with Crippen molar-refractivity contribution in [2.24, 2.45) is 0 Å². The Kier molecular flexibility index (Phi) is 7.47. The molecule has 0 aliphatic carbocycles. The van der Waals surface area contributed by atoms with E-state index in [1.807, 2.05) is 13.8 Å². The van der Waals surface area contributed by atoms with Gasteiger partial charge in [-0.1, -0.05) is 0 Å². The summed E-state index contributed by atoms with van der Waals surface area (Å²) < 4.78 is 4.60. The van der Waals surface area contributed by atoms with Crippen LogP contribution in [-0.4, -0.2) is 40.2 Å². The highest BCUT2D eigenvalue weighted by Gasteiger charge is 2.31. The summed E-state index contributed by atoms with van der Waals surface area (Å²) in [5.74, 6) is 0. The molecule has 0 aliphatic rings. The fraction of sp³-hybridized carbons (Fsp3) is 1.00. The molecule has 0 aromatic rings. The van der Waals surface area contributed by atoms with Crippen LogP contribution in [0, 0.1) is 0 Å². The molecule has 0 saturated carbocycles. The lowest BCUT2D eigenvalue weighted by molar-refractivity contribution is -0.107. The van der Waals surface area contributed by atoms with E-state index in [4.69, 9.17) is 15.2 Å². The largest absolute Gasteiger partial charge is 0.435 e. The van der Waals surface area contributed by atoms with Gasteiger partial charge in [-0.05, 0) is 41.5 Å². The van der Waals surface area contributed by atoms with Crippen molar-refractivity contribution in [2.45, 2.75) is 58.8 Å². The monoisotopic (exact) mass is 206 g/mol. The number of aliphatic hydroxyl groups is 2. The van der Waals surface area contributed by atoms with Crippen LogP contribution in [0.15, 0.2) is 0 Å². The van der Waals surface area contributed by atoms with Gasteiger partial charge in [-0.25, -0.2) is 0 Å². The molecular weight excluding hydrogens is 183 g/mol. The quantitative estimate of drug-likeness (QED) is 0.577. The van der Waals surface area contributed by atoms with Crippen molar-refractivity contribution in [1.29, 1.82) is 0 Å². The van der Waals surface area contributed by atoms with Crippen molar-refractivity contribution < 1.29 is 19.9 Å². The summed E-state index contributed by atoms with van der Waals surface area (Å²) >= 11 is 0. The van der Waals surface area contributed by atoms with Crippen LogP contribution in [0.4, 0.5) is 0 Å². The lowest BCUT2D eigenvalue weighted by atomic mass is 9.90. The molecule has 5 heteroatoms. The summed E-state index contributed by atoms with van der Waals surface area (Å²) in [6.45, 7) is 10.0. The Bertz CT molecular complexity index is 123. The molecular formula is C9H23BO4. The van der Waals surface area contributed by atoms with Crippen molar-refractivity contribution >= 4 is 7.69 Å². The normalized spacial score (nSPS) is 12.1. The first-order valence-electron chi connectivity index (χ1n) is 4.69. The molecule has 0 atom stereocenters. The van der Waals surface area contributed by atoms with Crippen LogP contribution in [0.5, 0.6) is 0 Å². The lowest BCUT2D eigenvalue weighted by Gasteiger charge is -2.31. The summed E-state index contributed by atoms with van der Waals surface area (Å²) in [6.07, 6.45) is 0.148. The number of hydrogen-bond donors (Lipinski definition) is 3. The molecule has 86 valence electrons. The van der Waals surface area contributed by atoms with Crippen LogP contribution in [0.25, 0.3) is 0 Å². The Morgan fingerprint density at radius 2 is 1.29 bits per heavy atom. The number of hydrogen-bond acceptors (Lipinski definition) is 4. The topological polar surface area (TPSA) is 69.9 Å². The SMILES string of the molecule is CC(C)(O)C(C)(C)O.CC(C)OBO. The second-order valence-electron chi connectivity index (χ2n) is 4.46. The Balaban J connectivity index is 0. The van der Waals surface area contributed by atoms with E-state index in [0.29, 0.717) is 0 Å². The first-order chi connectivity index (χ1) is 6.02. The zero-order valence-electron chi connectivity index (χ0n) is 10.0. The molecule has 0 amide bonds. The van der Waals surface area contributed by atoms with Crippen LogP contribution in [0.3, 0.4) is 0 Å². The van der Waals surface area contributed by atoms with Crippen molar-refractivity contribution in [3.8, 4) is 0 Å². The Morgan fingerprint density at radius 1 is 1.00 bits per heavy atom. The molecule has 0 saturated heterocycles. The van der Waals surface area contributed by atoms with Gasteiger partial charge in [-0.3, -0.25) is 0 Å². The molecule has 0 spiro atoms. The fourth-order valence-electron chi connectivity index (χ4n) is 0.149. The Hall–Kier alpha value is -0.0951.